The van der Waals surface area contributed by atoms with E-state index in [9.17, 15) is 40.8 Å². The van der Waals surface area contributed by atoms with Crippen molar-refractivity contribution < 1.29 is 64.5 Å². The van der Waals surface area contributed by atoms with Crippen LogP contribution in [0.15, 0.2) is 118 Å². The van der Waals surface area contributed by atoms with Crippen molar-refractivity contribution in [2.75, 3.05) is 26.3 Å². The Balaban J connectivity index is 1.40. The second-order valence-corrected chi connectivity index (χ2v) is 23.1. The molecule has 0 spiro atoms. The fourth-order valence-electron chi connectivity index (χ4n) is 7.45. The molecule has 5 rings (SSSR count). The lowest BCUT2D eigenvalue weighted by molar-refractivity contribution is -0.159. The molecule has 1 unspecified atom stereocenters. The van der Waals surface area contributed by atoms with E-state index in [0.29, 0.717) is 40.9 Å². The minimum atomic E-state index is -4.42. The summed E-state index contributed by atoms with van der Waals surface area (Å²) in [7, 11) is -8.81. The van der Waals surface area contributed by atoms with Gasteiger partial charge < -0.3 is 23.7 Å². The first kappa shape index (κ1) is 56.0. The number of benzene rings is 4. The van der Waals surface area contributed by atoms with Crippen LogP contribution in [0.4, 0.5) is 9.59 Å². The zero-order valence-electron chi connectivity index (χ0n) is 40.8. The molecule has 0 heterocycles. The molecular formula is C51H58Cl2N2O14S2. The summed E-state index contributed by atoms with van der Waals surface area (Å²) >= 11 is 12.0. The van der Waals surface area contributed by atoms with Gasteiger partial charge in [0.25, 0.3) is 20.0 Å². The number of hydrogen-bond acceptors (Lipinski definition) is 14. The Kier molecular flexibility index (Phi) is 18.2. The van der Waals surface area contributed by atoms with Gasteiger partial charge in [0.15, 0.2) is 5.76 Å². The topological polar surface area (TPSA) is 206 Å². The summed E-state index contributed by atoms with van der Waals surface area (Å²) in [6.07, 6.45) is -2.83. The molecule has 0 aliphatic heterocycles. The molecule has 0 bridgehead atoms. The smallest absolute Gasteiger partial charge is 0.424 e. The normalized spacial score (nSPS) is 15.2. The Morgan fingerprint density at radius 2 is 1.04 bits per heavy atom. The van der Waals surface area contributed by atoms with Crippen molar-refractivity contribution in [2.24, 2.45) is 5.41 Å². The number of hydrogen-bond donors (Lipinski definition) is 0. The van der Waals surface area contributed by atoms with Gasteiger partial charge in [-0.2, -0.15) is 0 Å². The standard InChI is InChI=1S/C51H58Cl2N2O14S2/c1-9-65-45(57)42-32-51(46(58)66-10-2,31-36-15-11-13-34(29-36)25-27-54(47(59)68-49(3,4)5)70(61,62)40-21-17-38(52)18-22-40)44(56)43(42)67-33-37-16-12-14-35(30-37)26-28-55(48(60)69-50(6,7)8)71(63,64)41-23-19-39(53)20-24-41/h11-24,29-30H,9-10,25-28,31-33H2,1-8H3. The average molecular weight is 1060 g/mol. The lowest BCUT2D eigenvalue weighted by Gasteiger charge is -2.27. The molecule has 0 radical (unpaired) electrons. The number of ether oxygens (including phenoxy) is 5. The molecule has 4 aromatic carbocycles. The van der Waals surface area contributed by atoms with Gasteiger partial charge in [-0.3, -0.25) is 9.59 Å². The molecule has 0 N–H and O–H groups in total. The first-order valence-corrected chi connectivity index (χ1v) is 26.3. The molecule has 71 heavy (non-hydrogen) atoms. The first-order chi connectivity index (χ1) is 33.2. The van der Waals surface area contributed by atoms with Gasteiger partial charge in [0.2, 0.25) is 5.78 Å². The van der Waals surface area contributed by atoms with Gasteiger partial charge in [0, 0.05) is 29.6 Å². The van der Waals surface area contributed by atoms with Crippen molar-refractivity contribution in [1.29, 1.82) is 0 Å². The van der Waals surface area contributed by atoms with E-state index in [-0.39, 0.29) is 67.5 Å². The van der Waals surface area contributed by atoms with Gasteiger partial charge in [0.05, 0.1) is 28.6 Å². The van der Waals surface area contributed by atoms with Crippen LogP contribution in [-0.2, 0) is 84.0 Å². The summed E-state index contributed by atoms with van der Waals surface area (Å²) in [4.78, 5) is 68.8. The molecule has 4 aromatic rings. The van der Waals surface area contributed by atoms with Crippen molar-refractivity contribution in [2.45, 2.75) is 109 Å². The highest BCUT2D eigenvalue weighted by molar-refractivity contribution is 7.90. The molecule has 0 fully saturated rings. The fourth-order valence-corrected chi connectivity index (χ4v) is 10.3. The van der Waals surface area contributed by atoms with Crippen molar-refractivity contribution in [3.8, 4) is 0 Å². The van der Waals surface area contributed by atoms with E-state index in [0.717, 1.165) is 0 Å². The minimum absolute atomic E-state index is 0.00277. The second-order valence-electron chi connectivity index (χ2n) is 18.5. The number of nitrogens with zero attached hydrogens (tertiary/aromatic N) is 2. The lowest BCUT2D eigenvalue weighted by Crippen LogP contribution is -2.42. The van der Waals surface area contributed by atoms with Crippen molar-refractivity contribution >= 4 is 73.2 Å². The van der Waals surface area contributed by atoms with Crippen molar-refractivity contribution in [3.63, 3.8) is 0 Å². The Hall–Kier alpha value is -5.95. The summed E-state index contributed by atoms with van der Waals surface area (Å²) in [6, 6.07) is 24.1. The van der Waals surface area contributed by atoms with Crippen LogP contribution < -0.4 is 0 Å². The van der Waals surface area contributed by atoms with Crippen molar-refractivity contribution in [3.05, 3.63) is 141 Å². The zero-order chi connectivity index (χ0) is 52.5. The highest BCUT2D eigenvalue weighted by atomic mass is 35.5. The predicted molar refractivity (Wildman–Crippen MR) is 264 cm³/mol. The maximum atomic E-state index is 14.7. The van der Waals surface area contributed by atoms with Crippen LogP contribution in [0, 0.1) is 5.41 Å². The largest absolute Gasteiger partial charge is 0.485 e. The van der Waals surface area contributed by atoms with Crippen LogP contribution in [0.5, 0.6) is 0 Å². The maximum Gasteiger partial charge on any atom is 0.424 e. The van der Waals surface area contributed by atoms with Crippen LogP contribution in [0.3, 0.4) is 0 Å². The molecule has 0 aromatic heterocycles. The Bertz CT molecular complexity index is 2880. The number of rotatable bonds is 19. The molecular weight excluding hydrogens is 1000 g/mol. The van der Waals surface area contributed by atoms with Crippen LogP contribution >= 0.6 is 23.2 Å². The molecule has 382 valence electrons. The number of carbonyl (C=O) groups excluding carboxylic acids is 5. The van der Waals surface area contributed by atoms with E-state index in [1.165, 1.54) is 48.5 Å². The summed E-state index contributed by atoms with van der Waals surface area (Å²) in [5.74, 6) is -3.02. The molecule has 20 heteroatoms. The molecule has 1 aliphatic carbocycles. The van der Waals surface area contributed by atoms with Gasteiger partial charge in [-0.25, -0.2) is 39.8 Å². The first-order valence-electron chi connectivity index (χ1n) is 22.6. The third kappa shape index (κ3) is 14.4. The predicted octanol–water partition coefficient (Wildman–Crippen LogP) is 9.43. The van der Waals surface area contributed by atoms with Crippen molar-refractivity contribution in [1.82, 2.24) is 8.61 Å². The summed E-state index contributed by atoms with van der Waals surface area (Å²) in [6.45, 7) is 11.7. The van der Waals surface area contributed by atoms with Crippen LogP contribution in [0.25, 0.3) is 0 Å². The Morgan fingerprint density at radius 1 is 0.620 bits per heavy atom. The number of amides is 2. The van der Waals surface area contributed by atoms with E-state index >= 15 is 0 Å². The number of sulfonamides is 2. The van der Waals surface area contributed by atoms with Crippen LogP contribution in [0.1, 0.15) is 84.1 Å². The highest BCUT2D eigenvalue weighted by Gasteiger charge is 2.57. The van der Waals surface area contributed by atoms with Gasteiger partial charge in [-0.1, -0.05) is 71.7 Å². The quantitative estimate of drug-likeness (QED) is 0.0487. The highest BCUT2D eigenvalue weighted by Crippen LogP contribution is 2.44. The third-order valence-electron chi connectivity index (χ3n) is 10.7. The van der Waals surface area contributed by atoms with Gasteiger partial charge >= 0.3 is 24.1 Å². The van der Waals surface area contributed by atoms with E-state index in [1.54, 1.807) is 104 Å². The Labute approximate surface area is 425 Å². The summed E-state index contributed by atoms with van der Waals surface area (Å²) in [5.41, 5.74) is -2.14. The SMILES string of the molecule is CCOC(=O)C1=C(OCc2cccc(CCN(C(=O)OC(C)(C)C)S(=O)(=O)c3ccc(Cl)cc3)c2)C(=O)C(Cc2cccc(CCN(C(=O)OC(C)(C)C)S(=O)(=O)c3ccc(Cl)cc3)c2)(C(=O)OCC)C1. The number of ketones is 1. The third-order valence-corrected chi connectivity index (χ3v) is 14.7. The molecule has 0 saturated heterocycles. The minimum Gasteiger partial charge on any atom is -0.485 e. The molecule has 1 atom stereocenters. The van der Waals surface area contributed by atoms with Gasteiger partial charge in [0.1, 0.15) is 23.2 Å². The van der Waals surface area contributed by atoms with Crippen LogP contribution in [0.2, 0.25) is 10.0 Å². The van der Waals surface area contributed by atoms with Gasteiger partial charge in [-0.15, -0.1) is 0 Å². The summed E-state index contributed by atoms with van der Waals surface area (Å²) < 4.78 is 84.4. The molecule has 0 saturated carbocycles. The fraction of sp³-hybridized carbons (Fsp3) is 0.392. The number of halogens is 2. The molecule has 2 amide bonds. The molecule has 16 nitrogen and oxygen atoms in total. The lowest BCUT2D eigenvalue weighted by atomic mass is 9.77. The number of Topliss-reactive ketones (excluding diaryl/α,β-unsaturated/α-hetero) is 1. The zero-order valence-corrected chi connectivity index (χ0v) is 43.9. The van der Waals surface area contributed by atoms with Gasteiger partial charge in [-0.05, 0) is 145 Å². The number of allylic oxidation sites excluding steroid dienone is 1. The van der Waals surface area contributed by atoms with Crippen LogP contribution in [-0.4, -0.2) is 92.9 Å². The van der Waals surface area contributed by atoms with E-state index in [1.807, 2.05) is 0 Å². The number of esters is 2. The molecule has 1 aliphatic rings. The monoisotopic (exact) mass is 1060 g/mol. The maximum absolute atomic E-state index is 14.7. The van der Waals surface area contributed by atoms with E-state index < -0.39 is 78.8 Å². The van der Waals surface area contributed by atoms with E-state index in [4.69, 9.17) is 46.9 Å². The average Bonchev–Trinajstić information content (AvgIpc) is 3.56. The summed E-state index contributed by atoms with van der Waals surface area (Å²) in [5, 5.41) is 0.602. The second kappa shape index (κ2) is 23.1. The number of carbonyl (C=O) groups is 5. The Morgan fingerprint density at radius 3 is 1.48 bits per heavy atom. The van der Waals surface area contributed by atoms with E-state index in [2.05, 4.69) is 0 Å².